The quantitative estimate of drug-likeness (QED) is 0.561. The van der Waals surface area contributed by atoms with E-state index in [1.807, 2.05) is 48.5 Å². The first-order chi connectivity index (χ1) is 7.79. The molecule has 1 aliphatic rings. The highest BCUT2D eigenvalue weighted by Gasteiger charge is 2.26. The second-order valence-electron chi connectivity index (χ2n) is 3.73. The second kappa shape index (κ2) is 3.05. The van der Waals surface area contributed by atoms with Crippen molar-refractivity contribution in [2.24, 2.45) is 0 Å². The highest BCUT2D eigenvalue weighted by atomic mass is 14.2. The fraction of sp³-hybridized carbons (Fsp3) is 0.0667. The Bertz CT molecular complexity index is 520. The summed E-state index contributed by atoms with van der Waals surface area (Å²) in [4.78, 5) is 0. The monoisotopic (exact) mass is 192 g/mol. The average Bonchev–Trinajstić information content (AvgIpc) is 2.36. The molecule has 15 heavy (non-hydrogen) atoms. The zero-order valence-corrected chi connectivity index (χ0v) is 8.27. The van der Waals surface area contributed by atoms with Crippen molar-refractivity contribution < 1.29 is 1.37 Å². The van der Waals surface area contributed by atoms with Crippen LogP contribution in [0.3, 0.4) is 0 Å². The molecular formula is C15H11+. The van der Waals surface area contributed by atoms with Gasteiger partial charge in [-0.25, -0.2) is 0 Å². The maximum absolute atomic E-state index is 8.26. The minimum atomic E-state index is -0.320. The molecule has 0 amide bonds. The zero-order chi connectivity index (χ0) is 11.1. The van der Waals surface area contributed by atoms with Crippen LogP contribution in [0.5, 0.6) is 0 Å². The van der Waals surface area contributed by atoms with E-state index < -0.39 is 0 Å². The van der Waals surface area contributed by atoms with Crippen molar-refractivity contribution in [3.63, 3.8) is 0 Å². The number of fused-ring (bicyclic) bond motifs is 2. The largest absolute Gasteiger partial charge is 0.195 e. The summed E-state index contributed by atoms with van der Waals surface area (Å²) in [7, 11) is 0. The second-order valence-corrected chi connectivity index (χ2v) is 3.73. The molecular weight excluding hydrogens is 180 g/mol. The average molecular weight is 192 g/mol. The van der Waals surface area contributed by atoms with Crippen LogP contribution < -0.4 is 0 Å². The molecule has 0 unspecified atom stereocenters. The van der Waals surface area contributed by atoms with Crippen LogP contribution in [0.25, 0.3) is 5.57 Å². The predicted octanol–water partition coefficient (Wildman–Crippen LogP) is 3.46. The van der Waals surface area contributed by atoms with Crippen LogP contribution >= 0.6 is 0 Å². The molecule has 0 heteroatoms. The Hall–Kier alpha value is -1.91. The van der Waals surface area contributed by atoms with E-state index in [-0.39, 0.29) is 6.40 Å². The van der Waals surface area contributed by atoms with Gasteiger partial charge in [-0.1, -0.05) is 12.1 Å². The van der Waals surface area contributed by atoms with Crippen molar-refractivity contribution in [1.82, 2.24) is 0 Å². The fourth-order valence-electron chi connectivity index (χ4n) is 2.05. The van der Waals surface area contributed by atoms with Gasteiger partial charge in [-0.2, -0.15) is 0 Å². The van der Waals surface area contributed by atoms with Crippen molar-refractivity contribution >= 4 is 5.57 Å². The molecule has 0 aromatic heterocycles. The number of rotatable bonds is 0. The SMILES string of the molecule is [2H]C1c2ccccc2C(=[CH+])c2ccccc21. The zero-order valence-electron chi connectivity index (χ0n) is 9.27. The van der Waals surface area contributed by atoms with Gasteiger partial charge >= 0.3 is 0 Å². The molecule has 0 spiro atoms. The fourth-order valence-corrected chi connectivity index (χ4v) is 2.05. The van der Waals surface area contributed by atoms with Crippen LogP contribution in [0.1, 0.15) is 23.6 Å². The standard InChI is InChI=1S/C15H11/c1-11-14-8-4-2-6-12(14)10-13-7-3-5-9-15(11)13/h1-9H,10H2/q+1/i10D. The topological polar surface area (TPSA) is 0 Å². The smallest absolute Gasteiger partial charge is 0.0596 e. The van der Waals surface area contributed by atoms with Crippen LogP contribution in [0.4, 0.5) is 0 Å². The molecule has 0 radical (unpaired) electrons. The van der Waals surface area contributed by atoms with E-state index in [4.69, 9.17) is 7.95 Å². The number of hydrogen-bond acceptors (Lipinski definition) is 0. The van der Waals surface area contributed by atoms with Gasteiger partial charge in [0.05, 0.1) is 11.1 Å². The summed E-state index contributed by atoms with van der Waals surface area (Å²) in [6.45, 7) is 6.15. The molecule has 0 heterocycles. The van der Waals surface area contributed by atoms with Crippen molar-refractivity contribution in [3.05, 3.63) is 77.4 Å². The van der Waals surface area contributed by atoms with E-state index in [1.165, 1.54) is 0 Å². The maximum atomic E-state index is 8.26. The van der Waals surface area contributed by atoms with E-state index in [0.29, 0.717) is 0 Å². The first kappa shape index (κ1) is 7.39. The third kappa shape index (κ3) is 1.20. The first-order valence-corrected chi connectivity index (χ1v) is 5.02. The molecule has 0 atom stereocenters. The van der Waals surface area contributed by atoms with E-state index in [2.05, 4.69) is 0 Å². The predicted molar refractivity (Wildman–Crippen MR) is 62.5 cm³/mol. The van der Waals surface area contributed by atoms with Gasteiger partial charge in [-0.15, -0.1) is 0 Å². The third-order valence-electron chi connectivity index (χ3n) is 2.81. The minimum Gasteiger partial charge on any atom is -0.0596 e. The number of hydrogen-bond donors (Lipinski definition) is 0. The van der Waals surface area contributed by atoms with Gasteiger partial charge in [0.15, 0.2) is 5.57 Å². The van der Waals surface area contributed by atoms with Gasteiger partial charge in [0.2, 0.25) is 0 Å². The van der Waals surface area contributed by atoms with Crippen molar-refractivity contribution in [3.8, 4) is 0 Å². The van der Waals surface area contributed by atoms with E-state index in [1.54, 1.807) is 0 Å². The molecule has 1 aliphatic carbocycles. The van der Waals surface area contributed by atoms with E-state index >= 15 is 0 Å². The Kier molecular flexibility index (Phi) is 1.50. The third-order valence-corrected chi connectivity index (χ3v) is 2.81. The van der Waals surface area contributed by atoms with Gasteiger partial charge in [-0.3, -0.25) is 0 Å². The molecule has 2 aromatic rings. The van der Waals surface area contributed by atoms with Crippen LogP contribution in [0, 0.1) is 6.58 Å². The lowest BCUT2D eigenvalue weighted by Gasteiger charge is -2.12. The normalized spacial score (nSPS) is 19.0. The highest BCUT2D eigenvalue weighted by Crippen LogP contribution is 2.33. The maximum Gasteiger partial charge on any atom is 0.195 e. The summed E-state index contributed by atoms with van der Waals surface area (Å²) in [5, 5.41) is 0. The molecule has 3 rings (SSSR count). The van der Waals surface area contributed by atoms with Gasteiger partial charge in [0, 0.05) is 37.6 Å². The summed E-state index contributed by atoms with van der Waals surface area (Å²) in [6.07, 6.45) is -0.320. The molecule has 70 valence electrons. The highest BCUT2D eigenvalue weighted by molar-refractivity contribution is 5.83. The molecule has 0 nitrogen and oxygen atoms in total. The van der Waals surface area contributed by atoms with Crippen molar-refractivity contribution in [2.75, 3.05) is 0 Å². The molecule has 2 aromatic carbocycles. The summed E-state index contributed by atoms with van der Waals surface area (Å²) < 4.78 is 8.26. The van der Waals surface area contributed by atoms with Gasteiger partial charge in [-0.05, 0) is 24.3 Å². The summed E-state index contributed by atoms with van der Waals surface area (Å²) >= 11 is 0. The lowest BCUT2D eigenvalue weighted by atomic mass is 9.83. The molecule has 0 N–H and O–H groups in total. The van der Waals surface area contributed by atoms with E-state index in [0.717, 1.165) is 27.8 Å². The molecule has 0 bridgehead atoms. The molecule has 0 saturated heterocycles. The van der Waals surface area contributed by atoms with E-state index in [9.17, 15) is 0 Å². The van der Waals surface area contributed by atoms with Gasteiger partial charge in [0.25, 0.3) is 0 Å². The van der Waals surface area contributed by atoms with Crippen molar-refractivity contribution in [2.45, 2.75) is 6.40 Å². The van der Waals surface area contributed by atoms with Crippen LogP contribution in [-0.2, 0) is 6.40 Å². The summed E-state index contributed by atoms with van der Waals surface area (Å²) in [5.41, 5.74) is 4.79. The Morgan fingerprint density at radius 1 is 0.867 bits per heavy atom. The van der Waals surface area contributed by atoms with Gasteiger partial charge in [0.1, 0.15) is 0 Å². The summed E-state index contributed by atoms with van der Waals surface area (Å²) in [6, 6.07) is 15.8. The Morgan fingerprint density at radius 2 is 1.33 bits per heavy atom. The van der Waals surface area contributed by atoms with Crippen LogP contribution in [0.15, 0.2) is 48.5 Å². The van der Waals surface area contributed by atoms with Gasteiger partial charge < -0.3 is 0 Å². The van der Waals surface area contributed by atoms with Crippen LogP contribution in [-0.4, -0.2) is 0 Å². The van der Waals surface area contributed by atoms with Crippen LogP contribution in [0.2, 0.25) is 0 Å². The molecule has 0 aliphatic heterocycles. The first-order valence-electron chi connectivity index (χ1n) is 5.60. The minimum absolute atomic E-state index is 0.320. The summed E-state index contributed by atoms with van der Waals surface area (Å²) in [5.74, 6) is 0. The lowest BCUT2D eigenvalue weighted by Crippen LogP contribution is -2.05. The Labute approximate surface area is 91.3 Å². The van der Waals surface area contributed by atoms with Crippen molar-refractivity contribution in [1.29, 1.82) is 0 Å². The Morgan fingerprint density at radius 3 is 1.87 bits per heavy atom. The Balaban J connectivity index is 2.30. The lowest BCUT2D eigenvalue weighted by molar-refractivity contribution is 1.14. The molecule has 0 saturated carbocycles. The number of benzene rings is 2. The molecule has 0 fully saturated rings.